The Bertz CT molecular complexity index is 921. The number of anilines is 1. The van der Waals surface area contributed by atoms with Crippen molar-refractivity contribution in [1.82, 2.24) is 4.98 Å². The molecule has 0 aliphatic heterocycles. The maximum Gasteiger partial charge on any atom is 0.203 e. The summed E-state index contributed by atoms with van der Waals surface area (Å²) in [5.41, 5.74) is 5.48. The van der Waals surface area contributed by atoms with Gasteiger partial charge in [-0.25, -0.2) is 4.98 Å². The van der Waals surface area contributed by atoms with Crippen molar-refractivity contribution in [3.8, 4) is 22.8 Å². The van der Waals surface area contributed by atoms with Gasteiger partial charge in [0.2, 0.25) is 5.13 Å². The van der Waals surface area contributed by atoms with E-state index in [0.29, 0.717) is 20.9 Å². The topological polar surface area (TPSA) is 55.7 Å². The molecule has 1 heterocycles. The second kappa shape index (κ2) is 8.40. The first-order chi connectivity index (χ1) is 12.6. The third-order valence-electron chi connectivity index (χ3n) is 3.47. The lowest BCUT2D eigenvalue weighted by Crippen LogP contribution is -1.92. The van der Waals surface area contributed by atoms with Crippen LogP contribution < -0.4 is 14.9 Å². The summed E-state index contributed by atoms with van der Waals surface area (Å²) in [6, 6.07) is 11.2. The summed E-state index contributed by atoms with van der Waals surface area (Å²) in [5, 5.41) is 7.66. The number of thiazole rings is 1. The summed E-state index contributed by atoms with van der Waals surface area (Å²) in [7, 11) is 3.16. The van der Waals surface area contributed by atoms with Crippen molar-refractivity contribution < 1.29 is 9.47 Å². The monoisotopic (exact) mass is 407 g/mol. The molecule has 0 aliphatic rings. The zero-order valence-electron chi connectivity index (χ0n) is 14.0. The Morgan fingerprint density at radius 1 is 1.12 bits per heavy atom. The molecule has 1 N–H and O–H groups in total. The zero-order valence-corrected chi connectivity index (χ0v) is 16.3. The van der Waals surface area contributed by atoms with Crippen LogP contribution in [0.4, 0.5) is 5.13 Å². The number of hydrogen-bond acceptors (Lipinski definition) is 6. The molecule has 5 nitrogen and oxygen atoms in total. The van der Waals surface area contributed by atoms with E-state index in [2.05, 4.69) is 15.5 Å². The molecule has 0 saturated heterocycles. The highest BCUT2D eigenvalue weighted by Crippen LogP contribution is 2.33. The molecule has 3 aromatic rings. The average molecular weight is 408 g/mol. The minimum Gasteiger partial charge on any atom is -0.497 e. The first-order valence-corrected chi connectivity index (χ1v) is 9.16. The lowest BCUT2D eigenvalue weighted by molar-refractivity contribution is 0.415. The maximum atomic E-state index is 6.11. The Balaban J connectivity index is 1.71. The van der Waals surface area contributed by atoms with Gasteiger partial charge in [-0.15, -0.1) is 11.3 Å². The van der Waals surface area contributed by atoms with E-state index < -0.39 is 0 Å². The molecule has 134 valence electrons. The number of aromatic nitrogens is 1. The Hall–Kier alpha value is -2.28. The van der Waals surface area contributed by atoms with Crippen LogP contribution in [-0.2, 0) is 0 Å². The third-order valence-corrected chi connectivity index (χ3v) is 4.78. The van der Waals surface area contributed by atoms with Gasteiger partial charge in [0.15, 0.2) is 5.75 Å². The molecule has 0 fully saturated rings. The number of halogens is 2. The Morgan fingerprint density at radius 3 is 2.58 bits per heavy atom. The number of ether oxygens (including phenoxy) is 2. The number of nitrogens with one attached hydrogen (secondary N) is 1. The normalized spacial score (nSPS) is 10.9. The van der Waals surface area contributed by atoms with E-state index >= 15 is 0 Å². The summed E-state index contributed by atoms with van der Waals surface area (Å²) in [5.74, 6) is 1.23. The third kappa shape index (κ3) is 4.27. The van der Waals surface area contributed by atoms with Crippen LogP contribution in [0.1, 0.15) is 5.56 Å². The van der Waals surface area contributed by atoms with E-state index in [-0.39, 0.29) is 0 Å². The van der Waals surface area contributed by atoms with Crippen LogP contribution in [0.3, 0.4) is 0 Å². The molecule has 0 aliphatic carbocycles. The van der Waals surface area contributed by atoms with Gasteiger partial charge in [-0.05, 0) is 29.8 Å². The smallest absolute Gasteiger partial charge is 0.203 e. The van der Waals surface area contributed by atoms with Gasteiger partial charge in [-0.2, -0.15) is 5.10 Å². The van der Waals surface area contributed by atoms with Crippen molar-refractivity contribution in [2.24, 2.45) is 5.10 Å². The van der Waals surface area contributed by atoms with Gasteiger partial charge >= 0.3 is 0 Å². The highest BCUT2D eigenvalue weighted by Gasteiger charge is 2.08. The molecule has 0 amide bonds. The summed E-state index contributed by atoms with van der Waals surface area (Å²) >= 11 is 13.7. The van der Waals surface area contributed by atoms with Crippen LogP contribution in [0.15, 0.2) is 46.9 Å². The van der Waals surface area contributed by atoms with Crippen molar-refractivity contribution >= 4 is 45.9 Å². The van der Waals surface area contributed by atoms with Crippen LogP contribution in [0, 0.1) is 0 Å². The summed E-state index contributed by atoms with van der Waals surface area (Å²) in [6.07, 6.45) is 1.61. The summed E-state index contributed by atoms with van der Waals surface area (Å²) in [6.45, 7) is 0. The summed E-state index contributed by atoms with van der Waals surface area (Å²) < 4.78 is 10.4. The Labute approximate surface area is 165 Å². The lowest BCUT2D eigenvalue weighted by Gasteiger charge is -2.06. The molecule has 0 saturated carbocycles. The molecular formula is C18H15Cl2N3O2S. The fourth-order valence-electron chi connectivity index (χ4n) is 2.25. The minimum atomic E-state index is 0.427. The van der Waals surface area contributed by atoms with E-state index in [1.54, 1.807) is 25.5 Å². The molecule has 1 aromatic heterocycles. The van der Waals surface area contributed by atoms with Crippen molar-refractivity contribution in [2.45, 2.75) is 0 Å². The lowest BCUT2D eigenvalue weighted by atomic mass is 10.2. The van der Waals surface area contributed by atoms with E-state index in [1.807, 2.05) is 29.6 Å². The number of rotatable bonds is 6. The number of hydrazone groups is 1. The molecule has 26 heavy (non-hydrogen) atoms. The molecule has 8 heteroatoms. The second-order valence-corrected chi connectivity index (χ2v) is 6.83. The SMILES string of the molecule is COc1cccc(-c2csc(N/N=C\c3cc(Cl)c(OC)c(Cl)c3)n2)c1. The van der Waals surface area contributed by atoms with E-state index in [0.717, 1.165) is 22.6 Å². The molecule has 3 rings (SSSR count). The van der Waals surface area contributed by atoms with Crippen LogP contribution in [0.2, 0.25) is 10.0 Å². The van der Waals surface area contributed by atoms with E-state index in [4.69, 9.17) is 32.7 Å². The number of methoxy groups -OCH3 is 2. The standard InChI is InChI=1S/C18H15Cl2N3O2S/c1-24-13-5-3-4-12(8-13)16-10-26-18(22-16)23-21-9-11-6-14(19)17(25-2)15(20)7-11/h3-10H,1-2H3,(H,22,23)/b21-9-. The first kappa shape index (κ1) is 18.5. The van der Waals surface area contributed by atoms with Gasteiger partial charge in [0.25, 0.3) is 0 Å². The van der Waals surface area contributed by atoms with Crippen molar-refractivity contribution in [3.63, 3.8) is 0 Å². The van der Waals surface area contributed by atoms with E-state index in [1.165, 1.54) is 18.4 Å². The first-order valence-electron chi connectivity index (χ1n) is 7.52. The van der Waals surface area contributed by atoms with Gasteiger partial charge in [-0.3, -0.25) is 5.43 Å². The molecule has 0 unspecified atom stereocenters. The highest BCUT2D eigenvalue weighted by atomic mass is 35.5. The molecule has 0 radical (unpaired) electrons. The molecule has 2 aromatic carbocycles. The molecule has 0 atom stereocenters. The van der Waals surface area contributed by atoms with Crippen LogP contribution >= 0.6 is 34.5 Å². The molecular weight excluding hydrogens is 393 g/mol. The number of nitrogens with zero attached hydrogens (tertiary/aromatic N) is 2. The van der Waals surface area contributed by atoms with Crippen molar-refractivity contribution in [2.75, 3.05) is 19.6 Å². The fourth-order valence-corrected chi connectivity index (χ4v) is 3.58. The van der Waals surface area contributed by atoms with Gasteiger partial charge in [0.1, 0.15) is 5.75 Å². The predicted molar refractivity (Wildman–Crippen MR) is 108 cm³/mol. The quantitative estimate of drug-likeness (QED) is 0.427. The van der Waals surface area contributed by atoms with Crippen molar-refractivity contribution in [1.29, 1.82) is 0 Å². The van der Waals surface area contributed by atoms with Crippen molar-refractivity contribution in [3.05, 3.63) is 57.4 Å². The molecule has 0 spiro atoms. The summed E-state index contributed by atoms with van der Waals surface area (Å²) in [4.78, 5) is 4.52. The van der Waals surface area contributed by atoms with Gasteiger partial charge in [-0.1, -0.05) is 35.3 Å². The van der Waals surface area contributed by atoms with Gasteiger partial charge in [0, 0.05) is 10.9 Å². The zero-order chi connectivity index (χ0) is 18.5. The minimum absolute atomic E-state index is 0.427. The van der Waals surface area contributed by atoms with Crippen LogP contribution in [0.5, 0.6) is 11.5 Å². The van der Waals surface area contributed by atoms with Gasteiger partial charge < -0.3 is 9.47 Å². The fraction of sp³-hybridized carbons (Fsp3) is 0.111. The second-order valence-electron chi connectivity index (χ2n) is 5.16. The largest absolute Gasteiger partial charge is 0.497 e. The van der Waals surface area contributed by atoms with Crippen LogP contribution in [0.25, 0.3) is 11.3 Å². The molecule has 0 bridgehead atoms. The van der Waals surface area contributed by atoms with Gasteiger partial charge in [0.05, 0.1) is 36.2 Å². The van der Waals surface area contributed by atoms with Crippen LogP contribution in [-0.4, -0.2) is 25.4 Å². The van der Waals surface area contributed by atoms with E-state index in [9.17, 15) is 0 Å². The average Bonchev–Trinajstić information content (AvgIpc) is 3.10. The highest BCUT2D eigenvalue weighted by molar-refractivity contribution is 7.14. The number of benzene rings is 2. The maximum absolute atomic E-state index is 6.11. The number of hydrogen-bond donors (Lipinski definition) is 1. The Morgan fingerprint density at radius 2 is 1.88 bits per heavy atom. The Kier molecular flexibility index (Phi) is 5.98. The predicted octanol–water partition coefficient (Wildman–Crippen LogP) is 5.58.